The molecule has 0 saturated carbocycles. The summed E-state index contributed by atoms with van der Waals surface area (Å²) in [5, 5.41) is 18.6. The summed E-state index contributed by atoms with van der Waals surface area (Å²) in [5.41, 5.74) is 7.13. The molecule has 90 valence electrons. The highest BCUT2D eigenvalue weighted by Crippen LogP contribution is 2.21. The first-order valence-electron chi connectivity index (χ1n) is 5.58. The van der Waals surface area contributed by atoms with Crippen LogP contribution in [0, 0.1) is 0 Å². The smallest absolute Gasteiger partial charge is 0.120 e. The fraction of sp³-hybridized carbons (Fsp3) is 0.500. The summed E-state index contributed by atoms with van der Waals surface area (Å²) in [6, 6.07) is 5.05. The molecule has 0 amide bonds. The summed E-state index contributed by atoms with van der Waals surface area (Å²) in [7, 11) is 0. The van der Waals surface area contributed by atoms with Crippen LogP contribution in [0.3, 0.4) is 0 Å². The van der Waals surface area contributed by atoms with Gasteiger partial charge in [0.05, 0.1) is 6.61 Å². The maximum Gasteiger partial charge on any atom is 0.120 e. The molecule has 4 N–H and O–H groups in total. The van der Waals surface area contributed by atoms with Gasteiger partial charge in [-0.05, 0) is 31.2 Å². The lowest BCUT2D eigenvalue weighted by atomic mass is 10.1. The lowest BCUT2D eigenvalue weighted by Crippen LogP contribution is -2.27. The molecule has 16 heavy (non-hydrogen) atoms. The third-order valence-corrected chi connectivity index (χ3v) is 2.45. The summed E-state index contributed by atoms with van der Waals surface area (Å²) < 4.78 is 0. The highest BCUT2D eigenvalue weighted by atomic mass is 16.3. The van der Waals surface area contributed by atoms with Gasteiger partial charge in [-0.2, -0.15) is 0 Å². The van der Waals surface area contributed by atoms with Crippen molar-refractivity contribution in [1.29, 1.82) is 0 Å². The third-order valence-electron chi connectivity index (χ3n) is 2.45. The summed E-state index contributed by atoms with van der Waals surface area (Å²) in [5.74, 6) is 0.258. The number of hydrogen-bond acceptors (Lipinski definition) is 4. The Hall–Kier alpha value is -1.26. The number of nitrogen functional groups attached to an aromatic ring is 1. The molecule has 0 aliphatic carbocycles. The van der Waals surface area contributed by atoms with Gasteiger partial charge in [-0.3, -0.25) is 4.90 Å². The van der Waals surface area contributed by atoms with Gasteiger partial charge in [-0.1, -0.05) is 6.92 Å². The second kappa shape index (κ2) is 6.35. The number of rotatable bonds is 6. The Morgan fingerprint density at radius 2 is 2.06 bits per heavy atom. The molecule has 0 fully saturated rings. The van der Waals surface area contributed by atoms with E-state index in [0.29, 0.717) is 18.8 Å². The van der Waals surface area contributed by atoms with Crippen LogP contribution in [0.4, 0.5) is 5.69 Å². The molecule has 0 aliphatic heterocycles. The number of phenols is 1. The fourth-order valence-corrected chi connectivity index (χ4v) is 1.70. The van der Waals surface area contributed by atoms with Gasteiger partial charge in [-0.25, -0.2) is 0 Å². The quantitative estimate of drug-likeness (QED) is 0.501. The molecule has 0 heterocycles. The minimum Gasteiger partial charge on any atom is -0.508 e. The monoisotopic (exact) mass is 224 g/mol. The van der Waals surface area contributed by atoms with Crippen molar-refractivity contribution in [2.45, 2.75) is 19.9 Å². The Balaban J connectivity index is 2.71. The van der Waals surface area contributed by atoms with Gasteiger partial charge in [0.1, 0.15) is 5.75 Å². The van der Waals surface area contributed by atoms with Gasteiger partial charge in [0.15, 0.2) is 0 Å². The van der Waals surface area contributed by atoms with E-state index in [-0.39, 0.29) is 12.4 Å². The number of nitrogens with zero attached hydrogens (tertiary/aromatic N) is 1. The zero-order valence-electron chi connectivity index (χ0n) is 9.69. The molecule has 0 bridgehead atoms. The van der Waals surface area contributed by atoms with Crippen molar-refractivity contribution in [3.8, 4) is 5.75 Å². The number of aliphatic hydroxyl groups excluding tert-OH is 1. The molecule has 0 spiro atoms. The molecule has 0 unspecified atom stereocenters. The van der Waals surface area contributed by atoms with Crippen LogP contribution in [0.2, 0.25) is 0 Å². The third kappa shape index (κ3) is 3.72. The molecule has 0 atom stereocenters. The minimum atomic E-state index is 0.128. The number of benzene rings is 1. The van der Waals surface area contributed by atoms with E-state index in [1.807, 2.05) is 0 Å². The second-order valence-corrected chi connectivity index (χ2v) is 3.89. The van der Waals surface area contributed by atoms with Gasteiger partial charge in [-0.15, -0.1) is 0 Å². The molecular weight excluding hydrogens is 204 g/mol. The van der Waals surface area contributed by atoms with E-state index in [2.05, 4.69) is 11.8 Å². The molecule has 1 aromatic carbocycles. The van der Waals surface area contributed by atoms with Gasteiger partial charge in [0.25, 0.3) is 0 Å². The van der Waals surface area contributed by atoms with Crippen LogP contribution in [0.15, 0.2) is 18.2 Å². The summed E-state index contributed by atoms with van der Waals surface area (Å²) in [4.78, 5) is 2.09. The van der Waals surface area contributed by atoms with E-state index in [0.717, 1.165) is 18.5 Å². The van der Waals surface area contributed by atoms with Crippen molar-refractivity contribution in [3.63, 3.8) is 0 Å². The van der Waals surface area contributed by atoms with E-state index in [1.54, 1.807) is 18.2 Å². The van der Waals surface area contributed by atoms with Gasteiger partial charge >= 0.3 is 0 Å². The summed E-state index contributed by atoms with van der Waals surface area (Å²) in [6.45, 7) is 4.34. The van der Waals surface area contributed by atoms with E-state index in [1.165, 1.54) is 0 Å². The van der Waals surface area contributed by atoms with Crippen molar-refractivity contribution in [2.75, 3.05) is 25.4 Å². The Labute approximate surface area is 96.3 Å². The maximum atomic E-state index is 9.68. The van der Waals surface area contributed by atoms with Crippen LogP contribution in [-0.4, -0.2) is 34.8 Å². The van der Waals surface area contributed by atoms with Crippen molar-refractivity contribution in [3.05, 3.63) is 23.8 Å². The van der Waals surface area contributed by atoms with Crippen molar-refractivity contribution < 1.29 is 10.2 Å². The average molecular weight is 224 g/mol. The standard InChI is InChI=1S/C12H20N2O2/c1-2-5-14(6-7-15)9-10-8-11(13)3-4-12(10)16/h3-4,8,15-16H,2,5-7,9,13H2,1H3. The van der Waals surface area contributed by atoms with E-state index >= 15 is 0 Å². The van der Waals surface area contributed by atoms with Crippen molar-refractivity contribution >= 4 is 5.69 Å². The first kappa shape index (κ1) is 12.8. The molecule has 1 rings (SSSR count). The van der Waals surface area contributed by atoms with Crippen LogP contribution >= 0.6 is 0 Å². The van der Waals surface area contributed by atoms with Gasteiger partial charge in [0.2, 0.25) is 0 Å². The van der Waals surface area contributed by atoms with Crippen LogP contribution < -0.4 is 5.73 Å². The molecule has 0 aromatic heterocycles. The van der Waals surface area contributed by atoms with Crippen LogP contribution in [0.1, 0.15) is 18.9 Å². The largest absolute Gasteiger partial charge is 0.508 e. The zero-order chi connectivity index (χ0) is 12.0. The first-order valence-corrected chi connectivity index (χ1v) is 5.58. The molecular formula is C12H20N2O2. The lowest BCUT2D eigenvalue weighted by Gasteiger charge is -2.21. The number of aromatic hydroxyl groups is 1. The van der Waals surface area contributed by atoms with E-state index < -0.39 is 0 Å². The summed E-state index contributed by atoms with van der Waals surface area (Å²) in [6.07, 6.45) is 1.02. The van der Waals surface area contributed by atoms with Gasteiger partial charge < -0.3 is 15.9 Å². The molecule has 0 saturated heterocycles. The second-order valence-electron chi connectivity index (χ2n) is 3.89. The van der Waals surface area contributed by atoms with Crippen LogP contribution in [-0.2, 0) is 6.54 Å². The Morgan fingerprint density at radius 3 is 2.69 bits per heavy atom. The predicted octanol–water partition coefficient (Wildman–Crippen LogP) is 1.18. The number of phenolic OH excluding ortho intramolecular Hbond substituents is 1. The Morgan fingerprint density at radius 1 is 1.31 bits per heavy atom. The van der Waals surface area contributed by atoms with Crippen LogP contribution in [0.25, 0.3) is 0 Å². The first-order chi connectivity index (χ1) is 7.67. The SMILES string of the molecule is CCCN(CCO)Cc1cc(N)ccc1O. The molecule has 4 nitrogen and oxygen atoms in total. The molecule has 0 aliphatic rings. The average Bonchev–Trinajstić information content (AvgIpc) is 2.24. The number of aliphatic hydroxyl groups is 1. The Bertz CT molecular complexity index is 323. The maximum absolute atomic E-state index is 9.68. The molecule has 1 aromatic rings. The number of anilines is 1. The zero-order valence-corrected chi connectivity index (χ0v) is 9.69. The topological polar surface area (TPSA) is 69.7 Å². The van der Waals surface area contributed by atoms with Crippen LogP contribution in [0.5, 0.6) is 5.75 Å². The summed E-state index contributed by atoms with van der Waals surface area (Å²) >= 11 is 0. The molecule has 4 heteroatoms. The van der Waals surface area contributed by atoms with E-state index in [4.69, 9.17) is 10.8 Å². The number of nitrogens with two attached hydrogens (primary N) is 1. The van der Waals surface area contributed by atoms with Crippen molar-refractivity contribution in [1.82, 2.24) is 4.90 Å². The number of hydrogen-bond donors (Lipinski definition) is 3. The highest BCUT2D eigenvalue weighted by Gasteiger charge is 2.08. The van der Waals surface area contributed by atoms with E-state index in [9.17, 15) is 5.11 Å². The van der Waals surface area contributed by atoms with Crippen molar-refractivity contribution in [2.24, 2.45) is 0 Å². The lowest BCUT2D eigenvalue weighted by molar-refractivity contribution is 0.189. The highest BCUT2D eigenvalue weighted by molar-refractivity contribution is 5.47. The fourth-order valence-electron chi connectivity index (χ4n) is 1.70. The Kier molecular flexibility index (Phi) is 5.08. The molecule has 0 radical (unpaired) electrons. The minimum absolute atomic E-state index is 0.128. The normalized spacial score (nSPS) is 10.9. The predicted molar refractivity (Wildman–Crippen MR) is 65.2 cm³/mol. The van der Waals surface area contributed by atoms with Gasteiger partial charge in [0, 0.05) is 24.3 Å².